The number of benzene rings is 1. The molecule has 0 aliphatic carbocycles. The molecule has 0 bridgehead atoms. The summed E-state index contributed by atoms with van der Waals surface area (Å²) in [5, 5.41) is 11.1. The molecule has 3 aromatic rings. The van der Waals surface area contributed by atoms with E-state index in [4.69, 9.17) is 5.73 Å². The summed E-state index contributed by atoms with van der Waals surface area (Å²) in [6.07, 6.45) is 1.50. The Labute approximate surface area is 210 Å². The zero-order valence-corrected chi connectivity index (χ0v) is 20.9. The second-order valence-electron chi connectivity index (χ2n) is 9.38. The Balaban J connectivity index is 1.30. The van der Waals surface area contributed by atoms with Gasteiger partial charge in [-0.1, -0.05) is 0 Å². The first-order chi connectivity index (χ1) is 17.4. The number of aromatic nitrogens is 5. The number of anilines is 5. The summed E-state index contributed by atoms with van der Waals surface area (Å²) >= 11 is 0. The molecule has 5 rings (SSSR count). The number of hydrogen-bond acceptors (Lipinski definition) is 10. The van der Waals surface area contributed by atoms with Crippen LogP contribution in [-0.4, -0.2) is 86.9 Å². The number of nitrogens with one attached hydrogen (secondary N) is 2. The fraction of sp³-hybridized carbons (Fsp3) is 0.458. The van der Waals surface area contributed by atoms with Gasteiger partial charge in [0, 0.05) is 75.7 Å². The second kappa shape index (κ2) is 9.97. The maximum Gasteiger partial charge on any atom is 0.248 e. The summed E-state index contributed by atoms with van der Waals surface area (Å²) in [6, 6.07) is 10.2. The van der Waals surface area contributed by atoms with Gasteiger partial charge < -0.3 is 31.1 Å². The Bertz CT molecular complexity index is 1190. The predicted octanol–water partition coefficient (Wildman–Crippen LogP) is 1.24. The highest BCUT2D eigenvalue weighted by Crippen LogP contribution is 2.24. The Kier molecular flexibility index (Phi) is 6.59. The van der Waals surface area contributed by atoms with Crippen molar-refractivity contribution >= 4 is 35.0 Å². The number of piperazine rings is 2. The number of rotatable bonds is 5. The fourth-order valence-electron chi connectivity index (χ4n) is 5.11. The van der Waals surface area contributed by atoms with Crippen LogP contribution < -0.4 is 26.2 Å². The normalized spacial score (nSPS) is 20.5. The minimum Gasteiger partial charge on any atom is -0.369 e. The highest BCUT2D eigenvalue weighted by molar-refractivity contribution is 5.74. The van der Waals surface area contributed by atoms with Gasteiger partial charge in [0.2, 0.25) is 17.8 Å². The molecule has 190 valence electrons. The number of carbonyl (C=O) groups is 1. The van der Waals surface area contributed by atoms with E-state index in [0.29, 0.717) is 24.9 Å². The fourth-order valence-corrected chi connectivity index (χ4v) is 5.11. The van der Waals surface area contributed by atoms with Crippen LogP contribution in [0.2, 0.25) is 0 Å². The molecule has 4 heterocycles. The molecular formula is C24H33N11O. The van der Waals surface area contributed by atoms with E-state index in [-0.39, 0.29) is 23.9 Å². The molecule has 2 aliphatic rings. The van der Waals surface area contributed by atoms with E-state index in [0.717, 1.165) is 37.7 Å². The molecule has 2 atom stereocenters. The number of hydrogen-bond donors (Lipinski definition) is 3. The molecule has 0 saturated carbocycles. The Morgan fingerprint density at radius 3 is 2.36 bits per heavy atom. The molecule has 0 spiro atoms. The van der Waals surface area contributed by atoms with Crippen molar-refractivity contribution in [3.8, 4) is 5.82 Å². The molecule has 0 radical (unpaired) electrons. The van der Waals surface area contributed by atoms with Crippen LogP contribution in [0.1, 0.15) is 20.8 Å². The highest BCUT2D eigenvalue weighted by Gasteiger charge is 2.31. The number of carbonyl (C=O) groups excluding carboxylic acids is 1. The van der Waals surface area contributed by atoms with Crippen LogP contribution in [0.15, 0.2) is 36.7 Å². The van der Waals surface area contributed by atoms with Crippen LogP contribution in [0.4, 0.5) is 29.1 Å². The van der Waals surface area contributed by atoms with Gasteiger partial charge in [-0.2, -0.15) is 9.67 Å². The van der Waals surface area contributed by atoms with Gasteiger partial charge >= 0.3 is 0 Å². The lowest BCUT2D eigenvalue weighted by Gasteiger charge is -2.44. The van der Waals surface area contributed by atoms with Crippen molar-refractivity contribution in [2.24, 2.45) is 0 Å². The van der Waals surface area contributed by atoms with E-state index in [1.807, 2.05) is 23.1 Å². The molecule has 4 N–H and O–H groups in total. The molecule has 12 heteroatoms. The predicted molar refractivity (Wildman–Crippen MR) is 140 cm³/mol. The molecule has 12 nitrogen and oxygen atoms in total. The summed E-state index contributed by atoms with van der Waals surface area (Å²) in [6.45, 7) is 11.1. The van der Waals surface area contributed by atoms with Crippen LogP contribution in [-0.2, 0) is 4.79 Å². The van der Waals surface area contributed by atoms with E-state index < -0.39 is 0 Å². The van der Waals surface area contributed by atoms with Crippen LogP contribution in [0.25, 0.3) is 5.82 Å². The number of amides is 1. The lowest BCUT2D eigenvalue weighted by atomic mass is 10.1. The van der Waals surface area contributed by atoms with Gasteiger partial charge in [-0.05, 0) is 38.1 Å². The van der Waals surface area contributed by atoms with Crippen molar-refractivity contribution in [3.63, 3.8) is 0 Å². The average molecular weight is 492 g/mol. The van der Waals surface area contributed by atoms with Gasteiger partial charge in [-0.25, -0.2) is 9.97 Å². The van der Waals surface area contributed by atoms with Crippen molar-refractivity contribution in [1.82, 2.24) is 34.9 Å². The first-order valence-electron chi connectivity index (χ1n) is 12.3. The monoisotopic (exact) mass is 491 g/mol. The van der Waals surface area contributed by atoms with Gasteiger partial charge in [-0.3, -0.25) is 4.79 Å². The van der Waals surface area contributed by atoms with Crippen LogP contribution >= 0.6 is 0 Å². The van der Waals surface area contributed by atoms with E-state index >= 15 is 0 Å². The van der Waals surface area contributed by atoms with Gasteiger partial charge in [0.05, 0.1) is 0 Å². The van der Waals surface area contributed by atoms with Crippen molar-refractivity contribution in [3.05, 3.63) is 36.7 Å². The number of nitrogens with two attached hydrogens (primary N) is 1. The smallest absolute Gasteiger partial charge is 0.248 e. The summed E-state index contributed by atoms with van der Waals surface area (Å²) in [7, 11) is 0. The van der Waals surface area contributed by atoms with Crippen LogP contribution in [0.5, 0.6) is 0 Å². The molecule has 1 amide bonds. The largest absolute Gasteiger partial charge is 0.369 e. The molecular weight excluding hydrogens is 458 g/mol. The number of nitrogens with zero attached hydrogens (tertiary/aromatic N) is 8. The number of nitrogen functional groups attached to an aromatic ring is 1. The third-order valence-corrected chi connectivity index (χ3v) is 6.70. The van der Waals surface area contributed by atoms with E-state index in [1.54, 1.807) is 6.92 Å². The van der Waals surface area contributed by atoms with Crippen LogP contribution in [0.3, 0.4) is 0 Å². The average Bonchev–Trinajstić information content (AvgIpc) is 3.24. The molecule has 1 aromatic carbocycles. The zero-order chi connectivity index (χ0) is 25.2. The molecule has 2 aromatic heterocycles. The summed E-state index contributed by atoms with van der Waals surface area (Å²) in [5.41, 5.74) is 8.26. The lowest BCUT2D eigenvalue weighted by molar-refractivity contribution is -0.133. The summed E-state index contributed by atoms with van der Waals surface area (Å²) in [4.78, 5) is 31.6. The third-order valence-electron chi connectivity index (χ3n) is 6.70. The van der Waals surface area contributed by atoms with E-state index in [9.17, 15) is 4.79 Å². The Hall–Kier alpha value is -3.93. The summed E-state index contributed by atoms with van der Waals surface area (Å²) < 4.78 is 1.50. The lowest BCUT2D eigenvalue weighted by Crippen LogP contribution is -2.58. The maximum absolute atomic E-state index is 12.0. The third kappa shape index (κ3) is 4.89. The molecule has 2 unspecified atom stereocenters. The first-order valence-corrected chi connectivity index (χ1v) is 12.3. The Morgan fingerprint density at radius 1 is 1.03 bits per heavy atom. The molecule has 2 fully saturated rings. The van der Waals surface area contributed by atoms with Crippen molar-refractivity contribution in [1.29, 1.82) is 0 Å². The quantitative estimate of drug-likeness (QED) is 0.479. The van der Waals surface area contributed by atoms with E-state index in [2.05, 4.69) is 66.5 Å². The van der Waals surface area contributed by atoms with Crippen molar-refractivity contribution in [2.45, 2.75) is 32.9 Å². The SMILES string of the molecule is CC(=O)N1C(C)CN(c2cc(-n3nc(Nc4ccc(N5CCNCC5)cc4)nc3N)ncn2)CC1C. The van der Waals surface area contributed by atoms with Gasteiger partial charge in [0.1, 0.15) is 12.1 Å². The molecule has 2 aliphatic heterocycles. The van der Waals surface area contributed by atoms with E-state index in [1.165, 1.54) is 16.7 Å². The highest BCUT2D eigenvalue weighted by atomic mass is 16.2. The summed E-state index contributed by atoms with van der Waals surface area (Å²) in [5.74, 6) is 1.99. The zero-order valence-electron chi connectivity index (χ0n) is 20.9. The minimum atomic E-state index is 0.0786. The van der Waals surface area contributed by atoms with Gasteiger partial charge in [0.15, 0.2) is 5.82 Å². The van der Waals surface area contributed by atoms with Crippen molar-refractivity contribution < 1.29 is 4.79 Å². The minimum absolute atomic E-state index is 0.0786. The topological polar surface area (TPSA) is 133 Å². The molecule has 2 saturated heterocycles. The van der Waals surface area contributed by atoms with Gasteiger partial charge in [0.25, 0.3) is 0 Å². The standard InChI is InChI=1S/C24H33N11O/c1-16-13-33(14-17(2)34(16)18(3)36)21-12-22(28-15-27-21)35-23(25)30-24(31-35)29-19-4-6-20(7-5-19)32-10-8-26-9-11-32/h4-7,12,15-17,26H,8-11,13-14H2,1-3H3,(H3,25,29,30,31). The maximum atomic E-state index is 12.0. The Morgan fingerprint density at radius 2 is 1.69 bits per heavy atom. The van der Waals surface area contributed by atoms with Crippen molar-refractivity contribution in [2.75, 3.05) is 60.1 Å². The second-order valence-corrected chi connectivity index (χ2v) is 9.38. The van der Waals surface area contributed by atoms with Crippen LogP contribution in [0, 0.1) is 0 Å². The molecule has 36 heavy (non-hydrogen) atoms. The van der Waals surface area contributed by atoms with Gasteiger partial charge in [-0.15, -0.1) is 5.10 Å². The first kappa shape index (κ1) is 23.8.